The summed E-state index contributed by atoms with van der Waals surface area (Å²) < 4.78 is 4.35. The summed E-state index contributed by atoms with van der Waals surface area (Å²) in [5, 5.41) is 35.0. The van der Waals surface area contributed by atoms with Crippen molar-refractivity contribution in [3.63, 3.8) is 0 Å². The molecule has 0 spiro atoms. The highest BCUT2D eigenvalue weighted by Gasteiger charge is 2.31. The second kappa shape index (κ2) is 7.47. The molecule has 4 N–H and O–H groups in total. The molecule has 0 aliphatic rings. The topological polar surface area (TPSA) is 90.2 Å². The van der Waals surface area contributed by atoms with E-state index in [-0.39, 0.29) is 0 Å². The van der Waals surface area contributed by atoms with Crippen molar-refractivity contribution in [2.45, 2.75) is 52.0 Å². The average Bonchev–Trinajstić information content (AvgIpc) is 2.01. The minimum Gasteiger partial charge on any atom is -0.457 e. The van der Waals surface area contributed by atoms with Crippen LogP contribution in [0.1, 0.15) is 27.7 Å². The normalized spacial score (nSPS) is 11.9. The van der Waals surface area contributed by atoms with E-state index in [2.05, 4.69) is 4.57 Å². The van der Waals surface area contributed by atoms with Crippen LogP contribution in [0.2, 0.25) is 13.1 Å². The first-order chi connectivity index (χ1) is 6.93. The maximum absolute atomic E-state index is 9.10. The standard InChI is InChI=1S/C6H14O2.C2H9B2O3Si/c1-5(2,7)6(3,4)8;1-8(2)4(6)7-3-5/h7-8H,1-4H3;5-6,8H,1-2H3. The van der Waals surface area contributed by atoms with Gasteiger partial charge in [-0.2, -0.15) is 0 Å². The van der Waals surface area contributed by atoms with Crippen molar-refractivity contribution in [2.24, 2.45) is 0 Å². The summed E-state index contributed by atoms with van der Waals surface area (Å²) in [6.07, 6.45) is 0. The molecule has 0 aromatic carbocycles. The zero-order chi connectivity index (χ0) is 13.6. The minimum absolute atomic E-state index is 0.525. The molecule has 0 aliphatic heterocycles. The molecule has 0 saturated heterocycles. The Morgan fingerprint density at radius 2 is 1.38 bits per heavy atom. The van der Waals surface area contributed by atoms with Crippen molar-refractivity contribution in [3.05, 3.63) is 0 Å². The van der Waals surface area contributed by atoms with Crippen molar-refractivity contribution in [3.8, 4) is 0 Å². The van der Waals surface area contributed by atoms with Gasteiger partial charge in [-0.1, -0.05) is 13.1 Å². The third-order valence-electron chi connectivity index (χ3n) is 2.27. The van der Waals surface area contributed by atoms with Gasteiger partial charge in [0.25, 0.3) is 0 Å². The van der Waals surface area contributed by atoms with E-state index in [4.69, 9.17) is 20.3 Å². The lowest BCUT2D eigenvalue weighted by atomic mass is 9.90. The number of rotatable bonds is 4. The van der Waals surface area contributed by atoms with E-state index < -0.39 is 26.6 Å². The molecule has 0 bridgehead atoms. The van der Waals surface area contributed by atoms with Gasteiger partial charge in [0, 0.05) is 0 Å². The maximum Gasteiger partial charge on any atom is 0.470 e. The molecule has 0 fully saturated rings. The molecule has 0 heterocycles. The number of hydrogen-bond donors (Lipinski definition) is 4. The molecular formula is C8H23B2O5Si. The SMILES string of the molecule is CC(C)(O)C(C)(C)O.C[SiH](C)B(O)O[B]O. The van der Waals surface area contributed by atoms with Crippen LogP contribution in [0.3, 0.4) is 0 Å². The smallest absolute Gasteiger partial charge is 0.457 e. The zero-order valence-corrected chi connectivity index (χ0v) is 12.1. The summed E-state index contributed by atoms with van der Waals surface area (Å²) in [4.78, 5) is 0. The fourth-order valence-corrected chi connectivity index (χ4v) is 0.604. The van der Waals surface area contributed by atoms with Gasteiger partial charge in [0.2, 0.25) is 0 Å². The first-order valence-corrected chi connectivity index (χ1v) is 8.15. The molecule has 0 aromatic rings. The predicted molar refractivity (Wildman–Crippen MR) is 68.5 cm³/mol. The Labute approximate surface area is 100 Å². The predicted octanol–water partition coefficient (Wildman–Crippen LogP) is -0.897. The van der Waals surface area contributed by atoms with Gasteiger partial charge in [-0.25, -0.2) is 0 Å². The molecular weight excluding hydrogens is 226 g/mol. The van der Waals surface area contributed by atoms with Crippen molar-refractivity contribution in [2.75, 3.05) is 0 Å². The van der Waals surface area contributed by atoms with Crippen LogP contribution in [0.25, 0.3) is 0 Å². The first kappa shape index (κ1) is 18.5. The summed E-state index contributed by atoms with van der Waals surface area (Å²) in [6, 6.07) is 0. The van der Waals surface area contributed by atoms with Crippen LogP contribution in [-0.2, 0) is 4.57 Å². The summed E-state index contributed by atoms with van der Waals surface area (Å²) in [5.41, 5.74) is -2.01. The minimum atomic E-state index is -1.14. The van der Waals surface area contributed by atoms with Crippen LogP contribution >= 0.6 is 0 Å². The van der Waals surface area contributed by atoms with Crippen LogP contribution in [0.15, 0.2) is 0 Å². The Morgan fingerprint density at radius 3 is 1.44 bits per heavy atom. The summed E-state index contributed by atoms with van der Waals surface area (Å²) in [6.45, 7) is 9.41. The number of hydrogen-bond acceptors (Lipinski definition) is 5. The van der Waals surface area contributed by atoms with Crippen molar-refractivity contribution in [1.29, 1.82) is 0 Å². The summed E-state index contributed by atoms with van der Waals surface area (Å²) in [5.74, 6) is 0. The van der Waals surface area contributed by atoms with Crippen LogP contribution in [0.4, 0.5) is 0 Å². The second-order valence-corrected chi connectivity index (χ2v) is 8.05. The second-order valence-electron chi connectivity index (χ2n) is 4.99. The van der Waals surface area contributed by atoms with Crippen molar-refractivity contribution >= 4 is 23.1 Å². The van der Waals surface area contributed by atoms with Gasteiger partial charge in [-0.3, -0.25) is 0 Å². The lowest BCUT2D eigenvalue weighted by molar-refractivity contribution is -0.107. The van der Waals surface area contributed by atoms with Gasteiger partial charge in [0.05, 0.1) is 19.9 Å². The van der Waals surface area contributed by atoms with Gasteiger partial charge >= 0.3 is 14.4 Å². The Balaban J connectivity index is 0. The van der Waals surface area contributed by atoms with Crippen LogP contribution in [0, 0.1) is 0 Å². The van der Waals surface area contributed by atoms with Gasteiger partial charge in [0.1, 0.15) is 0 Å². The molecule has 0 rings (SSSR count). The van der Waals surface area contributed by atoms with E-state index in [1.165, 1.54) is 0 Å². The summed E-state index contributed by atoms with van der Waals surface area (Å²) in [7, 11) is -0.615. The molecule has 0 aliphatic carbocycles. The Kier molecular flexibility index (Phi) is 8.64. The highest BCUT2D eigenvalue weighted by atomic mass is 28.3. The Bertz CT molecular complexity index is 166. The van der Waals surface area contributed by atoms with Gasteiger partial charge < -0.3 is 24.8 Å². The molecule has 0 unspecified atom stereocenters. The molecule has 0 aromatic heterocycles. The fourth-order valence-electron chi connectivity index (χ4n) is 0.219. The van der Waals surface area contributed by atoms with E-state index in [1.54, 1.807) is 27.7 Å². The highest BCUT2D eigenvalue weighted by molar-refractivity contribution is 7.15. The monoisotopic (exact) mass is 249 g/mol. The van der Waals surface area contributed by atoms with Gasteiger partial charge in [-0.15, -0.1) is 0 Å². The molecule has 0 atom stereocenters. The third kappa shape index (κ3) is 9.38. The Hall–Kier alpha value is 0.147. The average molecular weight is 249 g/mol. The van der Waals surface area contributed by atoms with Crippen LogP contribution in [-0.4, -0.2) is 54.5 Å². The van der Waals surface area contributed by atoms with E-state index in [0.717, 1.165) is 0 Å². The van der Waals surface area contributed by atoms with Crippen LogP contribution in [0.5, 0.6) is 0 Å². The quantitative estimate of drug-likeness (QED) is 0.485. The number of aliphatic hydroxyl groups is 2. The van der Waals surface area contributed by atoms with Crippen molar-refractivity contribution in [1.82, 2.24) is 0 Å². The zero-order valence-electron chi connectivity index (χ0n) is 10.9. The molecule has 0 saturated carbocycles. The molecule has 16 heavy (non-hydrogen) atoms. The van der Waals surface area contributed by atoms with E-state index in [1.807, 2.05) is 13.1 Å². The van der Waals surface area contributed by atoms with E-state index in [0.29, 0.717) is 7.69 Å². The van der Waals surface area contributed by atoms with Crippen LogP contribution < -0.4 is 0 Å². The maximum atomic E-state index is 9.10. The van der Waals surface area contributed by atoms with Gasteiger partial charge in [-0.05, 0) is 27.7 Å². The summed E-state index contributed by atoms with van der Waals surface area (Å²) >= 11 is 0. The lowest BCUT2D eigenvalue weighted by Gasteiger charge is -2.31. The first-order valence-electron chi connectivity index (χ1n) is 5.17. The van der Waals surface area contributed by atoms with E-state index >= 15 is 0 Å². The Morgan fingerprint density at radius 1 is 1.06 bits per heavy atom. The third-order valence-corrected chi connectivity index (χ3v) is 3.57. The molecule has 1 radical (unpaired) electrons. The molecule has 5 nitrogen and oxygen atoms in total. The molecule has 0 amide bonds. The molecule has 8 heteroatoms. The molecule has 95 valence electrons. The fraction of sp³-hybridized carbons (Fsp3) is 1.00. The largest absolute Gasteiger partial charge is 0.470 e. The van der Waals surface area contributed by atoms with E-state index in [9.17, 15) is 0 Å². The van der Waals surface area contributed by atoms with Crippen molar-refractivity contribution < 1.29 is 24.8 Å². The highest BCUT2D eigenvalue weighted by Crippen LogP contribution is 2.19. The van der Waals surface area contributed by atoms with Gasteiger partial charge in [0.15, 0.2) is 0 Å². The lowest BCUT2D eigenvalue weighted by Crippen LogP contribution is -2.44.